The minimum atomic E-state index is -3.18. The third-order valence-corrected chi connectivity index (χ3v) is 3.19. The Balaban J connectivity index is 2.93. The van der Waals surface area contributed by atoms with Crippen LogP contribution in [0, 0.1) is 6.92 Å². The molecular formula is C11H16O4S. The standard InChI is InChI=1S/C11H16O4S/c1-8-6-9(4-5-11(8)15-2)10(12)7-16(3,13)14/h4-6,10,12H,7H2,1-3H3. The van der Waals surface area contributed by atoms with Crippen molar-refractivity contribution in [2.75, 3.05) is 19.1 Å². The molecule has 1 aromatic carbocycles. The molecule has 0 aliphatic rings. The first kappa shape index (κ1) is 13.0. The number of ether oxygens (including phenoxy) is 1. The van der Waals surface area contributed by atoms with Crippen molar-refractivity contribution >= 4 is 9.84 Å². The van der Waals surface area contributed by atoms with E-state index in [1.54, 1.807) is 25.3 Å². The van der Waals surface area contributed by atoms with E-state index in [0.29, 0.717) is 5.56 Å². The zero-order valence-corrected chi connectivity index (χ0v) is 10.4. The number of aliphatic hydroxyl groups is 1. The molecular weight excluding hydrogens is 228 g/mol. The lowest BCUT2D eigenvalue weighted by atomic mass is 10.1. The van der Waals surface area contributed by atoms with E-state index < -0.39 is 15.9 Å². The van der Waals surface area contributed by atoms with E-state index >= 15 is 0 Å². The molecule has 16 heavy (non-hydrogen) atoms. The zero-order chi connectivity index (χ0) is 12.3. The normalized spacial score (nSPS) is 13.5. The van der Waals surface area contributed by atoms with Gasteiger partial charge in [0.15, 0.2) is 0 Å². The lowest BCUT2D eigenvalue weighted by Gasteiger charge is -2.12. The maximum absolute atomic E-state index is 11.0. The first-order valence-corrected chi connectivity index (χ1v) is 6.90. The average Bonchev–Trinajstić information content (AvgIpc) is 2.15. The first-order valence-electron chi connectivity index (χ1n) is 4.84. The molecule has 0 aliphatic heterocycles. The summed E-state index contributed by atoms with van der Waals surface area (Å²) in [5.74, 6) is 0.453. The van der Waals surface area contributed by atoms with E-state index in [2.05, 4.69) is 0 Å². The highest BCUT2D eigenvalue weighted by Crippen LogP contribution is 2.23. The molecule has 0 aliphatic carbocycles. The van der Waals surface area contributed by atoms with Crippen LogP contribution in [-0.2, 0) is 9.84 Å². The highest BCUT2D eigenvalue weighted by Gasteiger charge is 2.15. The van der Waals surface area contributed by atoms with Crippen LogP contribution in [0.5, 0.6) is 5.75 Å². The van der Waals surface area contributed by atoms with Crippen molar-refractivity contribution < 1.29 is 18.3 Å². The van der Waals surface area contributed by atoms with Gasteiger partial charge in [0, 0.05) is 6.26 Å². The number of aliphatic hydroxyl groups excluding tert-OH is 1. The Kier molecular flexibility index (Phi) is 3.93. The number of benzene rings is 1. The van der Waals surface area contributed by atoms with Gasteiger partial charge in [0.25, 0.3) is 0 Å². The molecule has 5 heteroatoms. The van der Waals surface area contributed by atoms with Crippen molar-refractivity contribution in [2.24, 2.45) is 0 Å². The summed E-state index contributed by atoms with van der Waals surface area (Å²) in [6, 6.07) is 5.12. The minimum absolute atomic E-state index is 0.265. The quantitative estimate of drug-likeness (QED) is 0.861. The molecule has 0 saturated heterocycles. The van der Waals surface area contributed by atoms with Crippen LogP contribution in [0.3, 0.4) is 0 Å². The summed E-state index contributed by atoms with van der Waals surface area (Å²) in [7, 11) is -1.62. The van der Waals surface area contributed by atoms with Crippen molar-refractivity contribution in [3.05, 3.63) is 29.3 Å². The number of hydrogen-bond donors (Lipinski definition) is 1. The molecule has 0 fully saturated rings. The Morgan fingerprint density at radius 2 is 2.06 bits per heavy atom. The van der Waals surface area contributed by atoms with E-state index in [-0.39, 0.29) is 5.75 Å². The van der Waals surface area contributed by atoms with E-state index in [4.69, 9.17) is 4.74 Å². The van der Waals surface area contributed by atoms with Crippen molar-refractivity contribution in [2.45, 2.75) is 13.0 Å². The topological polar surface area (TPSA) is 63.6 Å². The van der Waals surface area contributed by atoms with E-state index in [0.717, 1.165) is 17.6 Å². The monoisotopic (exact) mass is 244 g/mol. The van der Waals surface area contributed by atoms with Gasteiger partial charge in [0.2, 0.25) is 0 Å². The van der Waals surface area contributed by atoms with Crippen LogP contribution < -0.4 is 4.74 Å². The van der Waals surface area contributed by atoms with Crippen LogP contribution in [0.25, 0.3) is 0 Å². The second kappa shape index (κ2) is 4.84. The van der Waals surface area contributed by atoms with Crippen molar-refractivity contribution in [3.8, 4) is 5.75 Å². The molecule has 0 heterocycles. The number of methoxy groups -OCH3 is 1. The predicted molar refractivity (Wildman–Crippen MR) is 62.4 cm³/mol. The molecule has 0 spiro atoms. The van der Waals surface area contributed by atoms with Crippen LogP contribution in [0.2, 0.25) is 0 Å². The van der Waals surface area contributed by atoms with Crippen molar-refractivity contribution in [1.29, 1.82) is 0 Å². The fraction of sp³-hybridized carbons (Fsp3) is 0.455. The van der Waals surface area contributed by atoms with Gasteiger partial charge in [-0.05, 0) is 30.2 Å². The fourth-order valence-electron chi connectivity index (χ4n) is 1.49. The Bertz CT molecular complexity index is 465. The lowest BCUT2D eigenvalue weighted by Crippen LogP contribution is -2.12. The third-order valence-electron chi connectivity index (χ3n) is 2.26. The van der Waals surface area contributed by atoms with Crippen LogP contribution in [0.15, 0.2) is 18.2 Å². The molecule has 1 aromatic rings. The van der Waals surface area contributed by atoms with Crippen LogP contribution in [-0.4, -0.2) is 32.6 Å². The Morgan fingerprint density at radius 1 is 1.44 bits per heavy atom. The molecule has 4 nitrogen and oxygen atoms in total. The highest BCUT2D eigenvalue weighted by molar-refractivity contribution is 7.90. The van der Waals surface area contributed by atoms with Crippen LogP contribution in [0.1, 0.15) is 17.2 Å². The molecule has 0 radical (unpaired) electrons. The average molecular weight is 244 g/mol. The SMILES string of the molecule is COc1ccc(C(O)CS(C)(=O)=O)cc1C. The molecule has 1 rings (SSSR count). The number of hydrogen-bond acceptors (Lipinski definition) is 4. The summed E-state index contributed by atoms with van der Waals surface area (Å²) in [6.07, 6.45) is 0.117. The smallest absolute Gasteiger partial charge is 0.150 e. The van der Waals surface area contributed by atoms with Gasteiger partial charge < -0.3 is 9.84 Å². The highest BCUT2D eigenvalue weighted by atomic mass is 32.2. The summed E-state index contributed by atoms with van der Waals surface area (Å²) in [5.41, 5.74) is 1.45. The molecule has 0 amide bonds. The van der Waals surface area contributed by atoms with Gasteiger partial charge in [0.1, 0.15) is 15.6 Å². The van der Waals surface area contributed by atoms with Crippen molar-refractivity contribution in [1.82, 2.24) is 0 Å². The molecule has 90 valence electrons. The number of rotatable bonds is 4. The summed E-state index contributed by atoms with van der Waals surface area (Å²) in [5, 5.41) is 9.72. The third kappa shape index (κ3) is 3.50. The molecule has 0 bridgehead atoms. The number of aryl methyl sites for hydroxylation is 1. The summed E-state index contributed by atoms with van der Waals surface area (Å²) < 4.78 is 27.2. The lowest BCUT2D eigenvalue weighted by molar-refractivity contribution is 0.201. The van der Waals surface area contributed by atoms with Gasteiger partial charge in [-0.1, -0.05) is 6.07 Å². The van der Waals surface area contributed by atoms with Gasteiger partial charge in [0.05, 0.1) is 19.0 Å². The van der Waals surface area contributed by atoms with Gasteiger partial charge >= 0.3 is 0 Å². The molecule has 0 aromatic heterocycles. The Morgan fingerprint density at radius 3 is 2.50 bits per heavy atom. The van der Waals surface area contributed by atoms with Crippen molar-refractivity contribution in [3.63, 3.8) is 0 Å². The molecule has 0 saturated carbocycles. The van der Waals surface area contributed by atoms with Gasteiger partial charge in [-0.15, -0.1) is 0 Å². The van der Waals surface area contributed by atoms with Gasteiger partial charge in [-0.3, -0.25) is 0 Å². The first-order chi connectivity index (χ1) is 7.33. The molecule has 1 unspecified atom stereocenters. The summed E-state index contributed by atoms with van der Waals surface area (Å²) >= 11 is 0. The minimum Gasteiger partial charge on any atom is -0.496 e. The second-order valence-corrected chi connectivity index (χ2v) is 6.02. The number of sulfone groups is 1. The molecule has 1 N–H and O–H groups in total. The van der Waals surface area contributed by atoms with E-state index in [1.165, 1.54) is 0 Å². The maximum Gasteiger partial charge on any atom is 0.150 e. The predicted octanol–water partition coefficient (Wildman–Crippen LogP) is 1.08. The Labute approximate surface area is 95.8 Å². The largest absolute Gasteiger partial charge is 0.496 e. The summed E-state index contributed by atoms with van der Waals surface area (Å²) in [4.78, 5) is 0. The molecule has 1 atom stereocenters. The summed E-state index contributed by atoms with van der Waals surface area (Å²) in [6.45, 7) is 1.84. The van der Waals surface area contributed by atoms with E-state index in [9.17, 15) is 13.5 Å². The van der Waals surface area contributed by atoms with Crippen LogP contribution in [0.4, 0.5) is 0 Å². The Hall–Kier alpha value is -1.07. The van der Waals surface area contributed by atoms with Gasteiger partial charge in [-0.25, -0.2) is 8.42 Å². The van der Waals surface area contributed by atoms with E-state index in [1.807, 2.05) is 6.92 Å². The zero-order valence-electron chi connectivity index (χ0n) is 9.60. The van der Waals surface area contributed by atoms with Crippen LogP contribution >= 0.6 is 0 Å². The second-order valence-electron chi connectivity index (χ2n) is 3.84. The van der Waals surface area contributed by atoms with Gasteiger partial charge in [-0.2, -0.15) is 0 Å². The fourth-order valence-corrected chi connectivity index (χ4v) is 2.26. The maximum atomic E-state index is 11.0.